The molecule has 0 radical (unpaired) electrons. The number of carbonyl (C=O) groups is 1. The predicted molar refractivity (Wildman–Crippen MR) is 124 cm³/mol. The van der Waals surface area contributed by atoms with E-state index in [0.29, 0.717) is 34.9 Å². The summed E-state index contributed by atoms with van der Waals surface area (Å²) in [5, 5.41) is 17.1. The Morgan fingerprint density at radius 3 is 2.26 bits per heavy atom. The fraction of sp³-hybridized carbons (Fsp3) is 0.120. The van der Waals surface area contributed by atoms with E-state index < -0.39 is 5.97 Å². The van der Waals surface area contributed by atoms with E-state index in [9.17, 15) is 9.90 Å². The highest BCUT2D eigenvalue weighted by atomic mass is 16.5. The molecule has 160 valence electrons. The number of aliphatic carboxylic acids is 1. The van der Waals surface area contributed by atoms with Crippen LogP contribution in [0.5, 0.6) is 11.5 Å². The van der Waals surface area contributed by atoms with Gasteiger partial charge in [-0.25, -0.2) is 9.79 Å². The fourth-order valence-electron chi connectivity index (χ4n) is 2.48. The van der Waals surface area contributed by atoms with Crippen molar-refractivity contribution >= 4 is 23.1 Å². The average molecular weight is 418 g/mol. The summed E-state index contributed by atoms with van der Waals surface area (Å²) in [7, 11) is 0. The van der Waals surface area contributed by atoms with Gasteiger partial charge in [0.1, 0.15) is 17.3 Å². The Labute approximate surface area is 182 Å². The molecule has 0 bridgehead atoms. The largest absolute Gasteiger partial charge is 0.478 e. The lowest BCUT2D eigenvalue weighted by Crippen LogP contribution is -2.13. The third kappa shape index (κ3) is 7.13. The number of rotatable bonds is 7. The van der Waals surface area contributed by atoms with Crippen molar-refractivity contribution in [2.45, 2.75) is 13.3 Å². The number of para-hydroxylation sites is 2. The standard InChI is InChI=1S/C22H18N2O3.C3H8O/c1-15(22(25)26)19-12-5-6-13-20(19)24-21(23)16-8-7-11-18(14-16)27-17-9-3-2-4-10-17;1-2-3-4/h2-14H,1H2,(H2,23,24)(H,25,26);4H,2-3H2,1H3. The van der Waals surface area contributed by atoms with Gasteiger partial charge in [0.2, 0.25) is 0 Å². The van der Waals surface area contributed by atoms with Gasteiger partial charge in [0.15, 0.2) is 0 Å². The van der Waals surface area contributed by atoms with Gasteiger partial charge in [-0.2, -0.15) is 0 Å². The molecular formula is C25H26N2O4. The number of nitrogens with two attached hydrogens (primary N) is 1. The lowest BCUT2D eigenvalue weighted by Gasteiger charge is -2.09. The number of nitrogens with zero attached hydrogens (tertiary/aromatic N) is 1. The summed E-state index contributed by atoms with van der Waals surface area (Å²) in [6, 6.07) is 23.5. The van der Waals surface area contributed by atoms with Crippen molar-refractivity contribution in [1.82, 2.24) is 0 Å². The molecule has 0 aliphatic heterocycles. The second kappa shape index (κ2) is 11.9. The van der Waals surface area contributed by atoms with Crippen molar-refractivity contribution in [3.05, 3.63) is 96.6 Å². The summed E-state index contributed by atoms with van der Waals surface area (Å²) >= 11 is 0. The molecule has 31 heavy (non-hydrogen) atoms. The minimum atomic E-state index is -1.10. The van der Waals surface area contributed by atoms with Crippen LogP contribution in [0.4, 0.5) is 5.69 Å². The van der Waals surface area contributed by atoms with E-state index in [-0.39, 0.29) is 11.4 Å². The van der Waals surface area contributed by atoms with E-state index in [1.807, 2.05) is 55.5 Å². The van der Waals surface area contributed by atoms with Crippen LogP contribution in [0.2, 0.25) is 0 Å². The molecule has 0 spiro atoms. The fourth-order valence-corrected chi connectivity index (χ4v) is 2.48. The van der Waals surface area contributed by atoms with Crippen molar-refractivity contribution < 1.29 is 19.7 Å². The van der Waals surface area contributed by atoms with Crippen LogP contribution in [0.1, 0.15) is 24.5 Å². The van der Waals surface area contributed by atoms with Gasteiger partial charge >= 0.3 is 5.97 Å². The molecule has 6 heteroatoms. The topological polar surface area (TPSA) is 105 Å². The highest BCUT2D eigenvalue weighted by molar-refractivity contribution is 6.16. The number of ether oxygens (including phenoxy) is 1. The van der Waals surface area contributed by atoms with Gasteiger partial charge in [0.25, 0.3) is 0 Å². The molecule has 0 aromatic heterocycles. The monoisotopic (exact) mass is 418 g/mol. The van der Waals surface area contributed by atoms with E-state index in [2.05, 4.69) is 11.6 Å². The second-order valence-corrected chi connectivity index (χ2v) is 6.46. The first-order chi connectivity index (χ1) is 15.0. The third-order valence-electron chi connectivity index (χ3n) is 4.06. The third-order valence-corrected chi connectivity index (χ3v) is 4.06. The SMILES string of the molecule is C=C(C(=O)O)c1ccccc1N=C(N)c1cccc(Oc2ccccc2)c1.CCCO. The van der Waals surface area contributed by atoms with Gasteiger partial charge in [-0.05, 0) is 36.8 Å². The molecule has 3 aromatic rings. The van der Waals surface area contributed by atoms with Crippen LogP contribution in [0.15, 0.2) is 90.4 Å². The smallest absolute Gasteiger partial charge is 0.335 e. The number of hydrogen-bond donors (Lipinski definition) is 3. The van der Waals surface area contributed by atoms with Crippen LogP contribution >= 0.6 is 0 Å². The molecule has 0 fully saturated rings. The Kier molecular flexibility index (Phi) is 9.01. The predicted octanol–water partition coefficient (Wildman–Crippen LogP) is 5.00. The van der Waals surface area contributed by atoms with Crippen molar-refractivity contribution in [2.75, 3.05) is 6.61 Å². The van der Waals surface area contributed by atoms with Gasteiger partial charge in [0.05, 0.1) is 11.3 Å². The molecule has 6 nitrogen and oxygen atoms in total. The van der Waals surface area contributed by atoms with Crippen LogP contribution in [0.3, 0.4) is 0 Å². The Hall–Kier alpha value is -3.90. The Balaban J connectivity index is 0.000000785. The molecule has 0 saturated heterocycles. The van der Waals surface area contributed by atoms with Crippen LogP contribution in [0, 0.1) is 0 Å². The summed E-state index contributed by atoms with van der Waals surface area (Å²) in [5.41, 5.74) is 7.64. The van der Waals surface area contributed by atoms with Gasteiger partial charge < -0.3 is 20.7 Å². The van der Waals surface area contributed by atoms with E-state index in [4.69, 9.17) is 15.6 Å². The van der Waals surface area contributed by atoms with Gasteiger partial charge in [-0.15, -0.1) is 0 Å². The Bertz CT molecular complexity index is 1040. The van der Waals surface area contributed by atoms with E-state index >= 15 is 0 Å². The zero-order valence-electron chi connectivity index (χ0n) is 17.4. The molecular weight excluding hydrogens is 392 g/mol. The lowest BCUT2D eigenvalue weighted by atomic mass is 10.1. The molecule has 0 heterocycles. The first-order valence-corrected chi connectivity index (χ1v) is 9.76. The first-order valence-electron chi connectivity index (χ1n) is 9.76. The van der Waals surface area contributed by atoms with Crippen molar-refractivity contribution in [3.8, 4) is 11.5 Å². The van der Waals surface area contributed by atoms with Gasteiger partial charge in [-0.1, -0.05) is 62.0 Å². The maximum atomic E-state index is 11.2. The molecule has 0 aliphatic rings. The summed E-state index contributed by atoms with van der Waals surface area (Å²) in [5.74, 6) is 0.488. The highest BCUT2D eigenvalue weighted by Crippen LogP contribution is 2.27. The number of hydrogen-bond acceptors (Lipinski definition) is 4. The summed E-state index contributed by atoms with van der Waals surface area (Å²) in [6.07, 6.45) is 0.875. The molecule has 3 aromatic carbocycles. The van der Waals surface area contributed by atoms with Crippen LogP contribution in [-0.4, -0.2) is 28.6 Å². The van der Waals surface area contributed by atoms with Crippen LogP contribution in [-0.2, 0) is 4.79 Å². The average Bonchev–Trinajstić information content (AvgIpc) is 2.80. The molecule has 0 atom stereocenters. The van der Waals surface area contributed by atoms with Crippen molar-refractivity contribution in [2.24, 2.45) is 10.7 Å². The minimum absolute atomic E-state index is 0.0386. The van der Waals surface area contributed by atoms with Crippen molar-refractivity contribution in [3.63, 3.8) is 0 Å². The maximum absolute atomic E-state index is 11.2. The summed E-state index contributed by atoms with van der Waals surface area (Å²) < 4.78 is 5.81. The molecule has 0 amide bonds. The molecule has 0 saturated carbocycles. The number of carboxylic acid groups (broad SMARTS) is 1. The Morgan fingerprint density at radius 2 is 1.61 bits per heavy atom. The normalized spacial score (nSPS) is 10.6. The minimum Gasteiger partial charge on any atom is -0.478 e. The van der Waals surface area contributed by atoms with Gasteiger partial charge in [-0.3, -0.25) is 0 Å². The molecule has 3 rings (SSSR count). The molecule has 4 N–H and O–H groups in total. The summed E-state index contributed by atoms with van der Waals surface area (Å²) in [6.45, 7) is 5.85. The number of aliphatic hydroxyl groups is 1. The van der Waals surface area contributed by atoms with Gasteiger partial charge in [0, 0.05) is 17.7 Å². The Morgan fingerprint density at radius 1 is 1.00 bits per heavy atom. The lowest BCUT2D eigenvalue weighted by molar-refractivity contribution is -0.130. The summed E-state index contributed by atoms with van der Waals surface area (Å²) in [4.78, 5) is 15.6. The van der Waals surface area contributed by atoms with E-state index in [0.717, 1.165) is 6.42 Å². The number of aliphatic imine (C=N–C) groups is 1. The van der Waals surface area contributed by atoms with Crippen molar-refractivity contribution in [1.29, 1.82) is 0 Å². The zero-order valence-corrected chi connectivity index (χ0v) is 17.4. The number of amidine groups is 1. The zero-order chi connectivity index (χ0) is 22.6. The van der Waals surface area contributed by atoms with Crippen LogP contribution < -0.4 is 10.5 Å². The number of benzene rings is 3. The second-order valence-electron chi connectivity index (χ2n) is 6.46. The maximum Gasteiger partial charge on any atom is 0.335 e. The van der Waals surface area contributed by atoms with Crippen LogP contribution in [0.25, 0.3) is 5.57 Å². The first kappa shape index (κ1) is 23.4. The molecule has 0 aliphatic carbocycles. The van der Waals surface area contributed by atoms with E-state index in [1.54, 1.807) is 30.3 Å². The number of aliphatic hydroxyl groups excluding tert-OH is 1. The quantitative estimate of drug-likeness (QED) is 0.284. The highest BCUT2D eigenvalue weighted by Gasteiger charge is 2.12. The molecule has 0 unspecified atom stereocenters. The van der Waals surface area contributed by atoms with E-state index in [1.165, 1.54) is 0 Å². The number of carboxylic acids is 1.